The maximum absolute atomic E-state index is 9.83. The lowest BCUT2D eigenvalue weighted by molar-refractivity contribution is 0.314. The van der Waals surface area contributed by atoms with Gasteiger partial charge in [-0.15, -0.1) is 0 Å². The molecule has 1 aromatic rings. The van der Waals surface area contributed by atoms with Crippen LogP contribution in [0, 0.1) is 0 Å². The minimum Gasteiger partial charge on any atom is -0.502 e. The van der Waals surface area contributed by atoms with Gasteiger partial charge in [-0.25, -0.2) is 0 Å². The summed E-state index contributed by atoms with van der Waals surface area (Å²) in [6.07, 6.45) is 2.37. The second kappa shape index (κ2) is 7.11. The third kappa shape index (κ3) is 3.81. The van der Waals surface area contributed by atoms with E-state index in [0.29, 0.717) is 11.5 Å². The van der Waals surface area contributed by atoms with Crippen molar-refractivity contribution in [3.05, 3.63) is 17.7 Å². The molecular weight excluding hydrogens is 230 g/mol. The molecule has 0 aliphatic rings. The third-order valence-corrected chi connectivity index (χ3v) is 2.89. The van der Waals surface area contributed by atoms with Crippen molar-refractivity contribution in [1.82, 2.24) is 4.90 Å². The molecule has 0 saturated carbocycles. The first-order valence-corrected chi connectivity index (χ1v) is 6.24. The smallest absolute Gasteiger partial charge is 0.200 e. The lowest BCUT2D eigenvalue weighted by Gasteiger charge is -2.18. The van der Waals surface area contributed by atoms with Gasteiger partial charge in [0.25, 0.3) is 0 Å². The Morgan fingerprint density at radius 2 is 1.72 bits per heavy atom. The average Bonchev–Trinajstić information content (AvgIpc) is 2.38. The van der Waals surface area contributed by atoms with Gasteiger partial charge in [0.1, 0.15) is 0 Å². The maximum atomic E-state index is 9.83. The fourth-order valence-corrected chi connectivity index (χ4v) is 1.86. The molecule has 4 nitrogen and oxygen atoms in total. The molecule has 1 N–H and O–H groups in total. The van der Waals surface area contributed by atoms with Gasteiger partial charge in [0.15, 0.2) is 11.5 Å². The van der Waals surface area contributed by atoms with Gasteiger partial charge in [-0.05, 0) is 37.7 Å². The fraction of sp³-hybridized carbons (Fsp3) is 0.571. The van der Waals surface area contributed by atoms with Crippen LogP contribution in [0.1, 0.15) is 25.3 Å². The number of hydrogen-bond acceptors (Lipinski definition) is 4. The summed E-state index contributed by atoms with van der Waals surface area (Å²) in [7, 11) is 5.17. The average molecular weight is 253 g/mol. The molecular formula is C14H23NO3. The predicted molar refractivity (Wildman–Crippen MR) is 72.5 cm³/mol. The third-order valence-electron chi connectivity index (χ3n) is 2.89. The van der Waals surface area contributed by atoms with Gasteiger partial charge < -0.3 is 19.5 Å². The monoisotopic (exact) mass is 253 g/mol. The van der Waals surface area contributed by atoms with Crippen molar-refractivity contribution >= 4 is 0 Å². The van der Waals surface area contributed by atoms with Crippen LogP contribution in [0.15, 0.2) is 12.1 Å². The number of phenolic OH excluding ortho intramolecular Hbond substituents is 1. The van der Waals surface area contributed by atoms with Crippen LogP contribution in [0.5, 0.6) is 17.2 Å². The number of nitrogens with zero attached hydrogens (tertiary/aromatic N) is 1. The number of rotatable bonds is 7. The van der Waals surface area contributed by atoms with Gasteiger partial charge >= 0.3 is 0 Å². The molecule has 1 aromatic carbocycles. The molecule has 0 radical (unpaired) electrons. The highest BCUT2D eigenvalue weighted by Gasteiger charge is 2.12. The van der Waals surface area contributed by atoms with Crippen LogP contribution >= 0.6 is 0 Å². The molecule has 1 rings (SSSR count). The normalized spacial score (nSPS) is 10.7. The Hall–Kier alpha value is -1.42. The van der Waals surface area contributed by atoms with Crippen LogP contribution in [-0.4, -0.2) is 37.8 Å². The van der Waals surface area contributed by atoms with Crippen molar-refractivity contribution in [2.75, 3.05) is 27.8 Å². The highest BCUT2D eigenvalue weighted by molar-refractivity contribution is 5.52. The largest absolute Gasteiger partial charge is 0.502 e. The first kappa shape index (κ1) is 14.6. The predicted octanol–water partition coefficient (Wildman–Crippen LogP) is 2.64. The summed E-state index contributed by atoms with van der Waals surface area (Å²) in [4.78, 5) is 2.24. The molecule has 0 amide bonds. The van der Waals surface area contributed by atoms with E-state index in [-0.39, 0.29) is 5.75 Å². The van der Waals surface area contributed by atoms with E-state index in [9.17, 15) is 5.11 Å². The molecule has 18 heavy (non-hydrogen) atoms. The molecule has 0 aliphatic heterocycles. The molecule has 0 heterocycles. The zero-order valence-corrected chi connectivity index (χ0v) is 11.7. The molecule has 0 aliphatic carbocycles. The Morgan fingerprint density at radius 3 is 2.17 bits per heavy atom. The second-order valence-corrected chi connectivity index (χ2v) is 4.44. The molecule has 0 unspecified atom stereocenters. The van der Waals surface area contributed by atoms with Crippen molar-refractivity contribution in [1.29, 1.82) is 0 Å². The quantitative estimate of drug-likeness (QED) is 0.811. The van der Waals surface area contributed by atoms with E-state index < -0.39 is 0 Å². The molecule has 0 bridgehead atoms. The Bertz CT molecular complexity index is 354. The van der Waals surface area contributed by atoms with Gasteiger partial charge in [0, 0.05) is 6.54 Å². The van der Waals surface area contributed by atoms with E-state index in [1.54, 1.807) is 14.2 Å². The Kier molecular flexibility index (Phi) is 5.78. The number of benzene rings is 1. The number of hydrogen-bond donors (Lipinski definition) is 1. The van der Waals surface area contributed by atoms with Crippen molar-refractivity contribution in [3.63, 3.8) is 0 Å². The summed E-state index contributed by atoms with van der Waals surface area (Å²) in [5, 5.41) is 9.83. The van der Waals surface area contributed by atoms with Crippen LogP contribution in [0.4, 0.5) is 0 Å². The van der Waals surface area contributed by atoms with Crippen molar-refractivity contribution in [2.24, 2.45) is 0 Å². The van der Waals surface area contributed by atoms with Crippen molar-refractivity contribution in [3.8, 4) is 17.2 Å². The summed E-state index contributed by atoms with van der Waals surface area (Å²) >= 11 is 0. The lowest BCUT2D eigenvalue weighted by atomic mass is 10.1. The summed E-state index contributed by atoms with van der Waals surface area (Å²) in [5.74, 6) is 0.960. The number of methoxy groups -OCH3 is 2. The van der Waals surface area contributed by atoms with Crippen LogP contribution in [0.3, 0.4) is 0 Å². The molecule has 0 aromatic heterocycles. The van der Waals surface area contributed by atoms with Gasteiger partial charge in [0.05, 0.1) is 14.2 Å². The van der Waals surface area contributed by atoms with E-state index in [1.165, 1.54) is 12.8 Å². The summed E-state index contributed by atoms with van der Waals surface area (Å²) in [6.45, 7) is 4.05. The van der Waals surface area contributed by atoms with Gasteiger partial charge in [-0.1, -0.05) is 13.3 Å². The van der Waals surface area contributed by atoms with Gasteiger partial charge in [-0.2, -0.15) is 0 Å². The van der Waals surface area contributed by atoms with Crippen LogP contribution in [0.2, 0.25) is 0 Å². The SMILES string of the molecule is CCCCN(C)Cc1cc(OC)c(O)c(OC)c1. The minimum absolute atomic E-state index is 0.0555. The van der Waals surface area contributed by atoms with Crippen LogP contribution in [-0.2, 0) is 6.54 Å². The van der Waals surface area contributed by atoms with Crippen molar-refractivity contribution in [2.45, 2.75) is 26.3 Å². The molecule has 0 fully saturated rings. The van der Waals surface area contributed by atoms with E-state index in [4.69, 9.17) is 9.47 Å². The maximum Gasteiger partial charge on any atom is 0.200 e. The first-order valence-electron chi connectivity index (χ1n) is 6.24. The minimum atomic E-state index is 0.0555. The summed E-state index contributed by atoms with van der Waals surface area (Å²) < 4.78 is 10.3. The molecule has 0 saturated heterocycles. The Morgan fingerprint density at radius 1 is 1.17 bits per heavy atom. The standard InChI is InChI=1S/C14H23NO3/c1-5-6-7-15(2)10-11-8-12(17-3)14(16)13(9-11)18-4/h8-9,16H,5-7,10H2,1-4H3. The Balaban J connectivity index is 2.82. The van der Waals surface area contributed by atoms with Crippen LogP contribution < -0.4 is 9.47 Å². The number of phenols is 1. The topological polar surface area (TPSA) is 41.9 Å². The zero-order chi connectivity index (χ0) is 13.5. The van der Waals surface area contributed by atoms with E-state index >= 15 is 0 Å². The van der Waals surface area contributed by atoms with E-state index in [0.717, 1.165) is 18.7 Å². The molecule has 4 heteroatoms. The lowest BCUT2D eigenvalue weighted by Crippen LogP contribution is -2.18. The molecule has 0 spiro atoms. The van der Waals surface area contributed by atoms with Crippen molar-refractivity contribution < 1.29 is 14.6 Å². The van der Waals surface area contributed by atoms with Crippen LogP contribution in [0.25, 0.3) is 0 Å². The molecule has 102 valence electrons. The highest BCUT2D eigenvalue weighted by Crippen LogP contribution is 2.37. The van der Waals surface area contributed by atoms with E-state index in [2.05, 4.69) is 18.9 Å². The number of unbranched alkanes of at least 4 members (excludes halogenated alkanes) is 1. The summed E-state index contributed by atoms with van der Waals surface area (Å²) in [6, 6.07) is 3.70. The van der Waals surface area contributed by atoms with Gasteiger partial charge in [0.2, 0.25) is 5.75 Å². The second-order valence-electron chi connectivity index (χ2n) is 4.44. The van der Waals surface area contributed by atoms with Gasteiger partial charge in [-0.3, -0.25) is 0 Å². The Labute approximate surface area is 109 Å². The fourth-order valence-electron chi connectivity index (χ4n) is 1.86. The summed E-state index contributed by atoms with van der Waals surface area (Å²) in [5.41, 5.74) is 1.07. The number of ether oxygens (including phenoxy) is 2. The number of aromatic hydroxyl groups is 1. The highest BCUT2D eigenvalue weighted by atomic mass is 16.5. The van der Waals surface area contributed by atoms with E-state index in [1.807, 2.05) is 12.1 Å². The molecule has 0 atom stereocenters. The first-order chi connectivity index (χ1) is 8.62. The zero-order valence-electron chi connectivity index (χ0n) is 11.7.